The van der Waals surface area contributed by atoms with Gasteiger partial charge in [0.15, 0.2) is 0 Å². The van der Waals surface area contributed by atoms with Crippen LogP contribution in [0.3, 0.4) is 0 Å². The molecule has 1 aliphatic heterocycles. The smallest absolute Gasteiger partial charge is 0.316 e. The predicted molar refractivity (Wildman–Crippen MR) is 69.0 cm³/mol. The minimum Gasteiger partial charge on any atom is -0.496 e. The van der Waals surface area contributed by atoms with Crippen molar-refractivity contribution in [1.29, 1.82) is 0 Å². The third-order valence-corrected chi connectivity index (χ3v) is 3.44. The van der Waals surface area contributed by atoms with Crippen molar-refractivity contribution in [3.63, 3.8) is 0 Å². The van der Waals surface area contributed by atoms with Gasteiger partial charge in [-0.1, -0.05) is 18.2 Å². The molecule has 19 heavy (non-hydrogen) atoms. The van der Waals surface area contributed by atoms with Crippen LogP contribution >= 0.6 is 0 Å². The third-order valence-electron chi connectivity index (χ3n) is 3.44. The van der Waals surface area contributed by atoms with Crippen molar-refractivity contribution in [2.45, 2.75) is 12.8 Å². The Bertz CT molecular complexity index is 486. The lowest BCUT2D eigenvalue weighted by Crippen LogP contribution is -2.31. The zero-order valence-electron chi connectivity index (χ0n) is 10.8. The zero-order valence-corrected chi connectivity index (χ0v) is 10.8. The van der Waals surface area contributed by atoms with Crippen LogP contribution in [0.4, 0.5) is 0 Å². The Morgan fingerprint density at radius 2 is 2.21 bits per heavy atom. The van der Waals surface area contributed by atoms with E-state index >= 15 is 0 Å². The molecule has 0 spiro atoms. The molecular weight excluding hydrogens is 246 g/mol. The molecule has 0 radical (unpaired) electrons. The number of hydrogen-bond donors (Lipinski definition) is 1. The third kappa shape index (κ3) is 2.86. The van der Waals surface area contributed by atoms with Gasteiger partial charge in [-0.05, 0) is 24.5 Å². The summed E-state index contributed by atoms with van der Waals surface area (Å²) in [6.07, 6.45) is 1.07. The summed E-state index contributed by atoms with van der Waals surface area (Å²) in [5.74, 6) is -1.37. The van der Waals surface area contributed by atoms with Gasteiger partial charge in [-0.2, -0.15) is 0 Å². The number of carbonyl (C=O) groups excluding carboxylic acids is 1. The van der Waals surface area contributed by atoms with Crippen molar-refractivity contribution in [3.05, 3.63) is 29.8 Å². The summed E-state index contributed by atoms with van der Waals surface area (Å²) in [6.45, 7) is 1.05. The summed E-state index contributed by atoms with van der Waals surface area (Å²) in [5, 5.41) is 8.90. The van der Waals surface area contributed by atoms with Crippen molar-refractivity contribution in [3.8, 4) is 5.75 Å². The molecule has 1 atom stereocenters. The van der Waals surface area contributed by atoms with E-state index in [1.807, 2.05) is 24.3 Å². The van der Waals surface area contributed by atoms with Crippen LogP contribution < -0.4 is 4.74 Å². The summed E-state index contributed by atoms with van der Waals surface area (Å²) >= 11 is 0. The maximum Gasteiger partial charge on any atom is 0.316 e. The van der Waals surface area contributed by atoms with Gasteiger partial charge in [0.25, 0.3) is 0 Å². The van der Waals surface area contributed by atoms with E-state index in [2.05, 4.69) is 0 Å². The first-order valence-electron chi connectivity index (χ1n) is 6.27. The second-order valence-electron chi connectivity index (χ2n) is 4.57. The Morgan fingerprint density at radius 1 is 1.47 bits per heavy atom. The Balaban J connectivity index is 1.96. The summed E-state index contributed by atoms with van der Waals surface area (Å²) < 4.78 is 5.25. The van der Waals surface area contributed by atoms with Gasteiger partial charge in [0, 0.05) is 13.1 Å². The van der Waals surface area contributed by atoms with Crippen LogP contribution in [0.5, 0.6) is 5.75 Å². The maximum atomic E-state index is 11.8. The van der Waals surface area contributed by atoms with Gasteiger partial charge in [-0.25, -0.2) is 0 Å². The van der Waals surface area contributed by atoms with Gasteiger partial charge in [-0.15, -0.1) is 0 Å². The fourth-order valence-corrected chi connectivity index (χ4v) is 2.36. The molecule has 0 aliphatic carbocycles. The van der Waals surface area contributed by atoms with Gasteiger partial charge in [0.05, 0.1) is 7.11 Å². The zero-order chi connectivity index (χ0) is 13.8. The summed E-state index contributed by atoms with van der Waals surface area (Å²) in [4.78, 5) is 24.3. The molecule has 0 saturated carbocycles. The Labute approximate surface area is 111 Å². The topological polar surface area (TPSA) is 66.8 Å². The second-order valence-corrected chi connectivity index (χ2v) is 4.57. The lowest BCUT2D eigenvalue weighted by atomic mass is 10.1. The van der Waals surface area contributed by atoms with E-state index in [1.165, 1.54) is 0 Å². The van der Waals surface area contributed by atoms with Crippen LogP contribution in [0.15, 0.2) is 24.3 Å². The van der Waals surface area contributed by atoms with Crippen LogP contribution in [-0.4, -0.2) is 42.1 Å². The first kappa shape index (κ1) is 13.4. The van der Waals surface area contributed by atoms with E-state index in [4.69, 9.17) is 9.84 Å². The largest absolute Gasteiger partial charge is 0.496 e. The Kier molecular flexibility index (Phi) is 4.04. The molecule has 1 aliphatic rings. The van der Waals surface area contributed by atoms with Crippen molar-refractivity contribution in [1.82, 2.24) is 4.90 Å². The molecule has 1 aromatic rings. The fraction of sp³-hybridized carbons (Fsp3) is 0.429. The number of rotatable bonds is 5. The first-order valence-corrected chi connectivity index (χ1v) is 6.27. The molecule has 1 N–H and O–H groups in total. The number of carboxylic acids is 1. The minimum absolute atomic E-state index is 0.276. The van der Waals surface area contributed by atoms with E-state index in [0.717, 1.165) is 11.3 Å². The van der Waals surface area contributed by atoms with Crippen molar-refractivity contribution in [2.24, 2.45) is 5.92 Å². The molecule has 1 fully saturated rings. The lowest BCUT2D eigenvalue weighted by molar-refractivity contribution is -0.147. The highest BCUT2D eigenvalue weighted by atomic mass is 16.5. The second kappa shape index (κ2) is 5.73. The van der Waals surface area contributed by atoms with Crippen LogP contribution in [0.1, 0.15) is 12.0 Å². The van der Waals surface area contributed by atoms with E-state index in [1.54, 1.807) is 12.0 Å². The molecule has 1 saturated heterocycles. The highest BCUT2D eigenvalue weighted by Gasteiger charge is 2.36. The van der Waals surface area contributed by atoms with Crippen LogP contribution in [0.25, 0.3) is 0 Å². The van der Waals surface area contributed by atoms with Crippen molar-refractivity contribution >= 4 is 11.9 Å². The van der Waals surface area contributed by atoms with E-state index in [0.29, 0.717) is 25.9 Å². The standard InChI is InChI=1S/C14H17NO4/c1-19-12-5-3-2-4-10(12)6-8-15-9-7-11(13(15)16)14(17)18/h2-5,11H,6-9H2,1H3,(H,17,18). The quantitative estimate of drug-likeness (QED) is 0.810. The van der Waals surface area contributed by atoms with Crippen molar-refractivity contribution < 1.29 is 19.4 Å². The van der Waals surface area contributed by atoms with Crippen LogP contribution in [0, 0.1) is 5.92 Å². The highest BCUT2D eigenvalue weighted by Crippen LogP contribution is 2.21. The first-order chi connectivity index (χ1) is 9.13. The number of ether oxygens (including phenoxy) is 1. The molecular formula is C14H17NO4. The van der Waals surface area contributed by atoms with Crippen LogP contribution in [-0.2, 0) is 16.0 Å². The number of amides is 1. The molecule has 5 heteroatoms. The van der Waals surface area contributed by atoms with Gasteiger partial charge < -0.3 is 14.7 Å². The minimum atomic E-state index is -1.02. The number of likely N-dealkylation sites (tertiary alicyclic amines) is 1. The number of hydrogen-bond acceptors (Lipinski definition) is 3. The number of aliphatic carboxylic acids is 1. The molecule has 2 rings (SSSR count). The molecule has 0 aromatic heterocycles. The number of para-hydroxylation sites is 1. The number of benzene rings is 1. The summed E-state index contributed by atoms with van der Waals surface area (Å²) in [5.41, 5.74) is 1.02. The molecule has 1 unspecified atom stereocenters. The monoisotopic (exact) mass is 263 g/mol. The van der Waals surface area contributed by atoms with E-state index in [-0.39, 0.29) is 5.91 Å². The van der Waals surface area contributed by atoms with Gasteiger partial charge >= 0.3 is 5.97 Å². The molecule has 1 heterocycles. The number of nitrogens with zero attached hydrogens (tertiary/aromatic N) is 1. The Morgan fingerprint density at radius 3 is 2.84 bits per heavy atom. The summed E-state index contributed by atoms with van der Waals surface area (Å²) in [7, 11) is 1.61. The number of carboxylic acid groups (broad SMARTS) is 1. The molecule has 102 valence electrons. The average molecular weight is 263 g/mol. The van der Waals surface area contributed by atoms with Gasteiger partial charge in [0.1, 0.15) is 11.7 Å². The normalized spacial score (nSPS) is 18.7. The fourth-order valence-electron chi connectivity index (χ4n) is 2.36. The molecule has 1 amide bonds. The Hall–Kier alpha value is -2.04. The van der Waals surface area contributed by atoms with E-state index in [9.17, 15) is 9.59 Å². The number of carbonyl (C=O) groups is 2. The SMILES string of the molecule is COc1ccccc1CCN1CCC(C(=O)O)C1=O. The average Bonchev–Trinajstić information content (AvgIpc) is 2.78. The summed E-state index contributed by atoms with van der Waals surface area (Å²) in [6, 6.07) is 7.64. The van der Waals surface area contributed by atoms with Gasteiger partial charge in [-0.3, -0.25) is 9.59 Å². The highest BCUT2D eigenvalue weighted by molar-refractivity contribution is 5.98. The van der Waals surface area contributed by atoms with E-state index < -0.39 is 11.9 Å². The lowest BCUT2D eigenvalue weighted by Gasteiger charge is -2.16. The predicted octanol–water partition coefficient (Wildman–Crippen LogP) is 1.17. The molecule has 5 nitrogen and oxygen atoms in total. The van der Waals surface area contributed by atoms with Crippen molar-refractivity contribution in [2.75, 3.05) is 20.2 Å². The van der Waals surface area contributed by atoms with Crippen LogP contribution in [0.2, 0.25) is 0 Å². The van der Waals surface area contributed by atoms with Gasteiger partial charge in [0.2, 0.25) is 5.91 Å². The number of methoxy groups -OCH3 is 1. The molecule has 0 bridgehead atoms. The maximum absolute atomic E-state index is 11.8. The molecule has 1 aromatic carbocycles.